The van der Waals surface area contributed by atoms with Crippen molar-refractivity contribution < 1.29 is 9.90 Å². The van der Waals surface area contributed by atoms with E-state index >= 15 is 0 Å². The van der Waals surface area contributed by atoms with E-state index < -0.39 is 5.97 Å². The summed E-state index contributed by atoms with van der Waals surface area (Å²) in [6, 6.07) is 8.06. The molecule has 1 saturated carbocycles. The van der Waals surface area contributed by atoms with Gasteiger partial charge in [-0.3, -0.25) is 4.79 Å². The minimum Gasteiger partial charge on any atom is -0.481 e. The van der Waals surface area contributed by atoms with E-state index in [1.807, 2.05) is 24.3 Å². The summed E-state index contributed by atoms with van der Waals surface area (Å²) in [4.78, 5) is 15.8. The number of para-hydroxylation sites is 2. The number of carboxylic acids is 1. The summed E-state index contributed by atoms with van der Waals surface area (Å²) < 4.78 is 2.14. The Hall–Kier alpha value is -1.84. The summed E-state index contributed by atoms with van der Waals surface area (Å²) >= 11 is 0. The molecule has 0 atom stereocenters. The lowest BCUT2D eigenvalue weighted by Gasteiger charge is -2.16. The quantitative estimate of drug-likeness (QED) is 0.866. The standard InChI is InChI=1S/C17H22N2O2/c20-16(21)11-12-19-15-10-6-5-9-14(15)18-17(19)13-7-3-1-2-4-8-13/h5-6,9-10,13H,1-4,7-8,11-12H2,(H,20,21). The van der Waals surface area contributed by atoms with Crippen LogP contribution in [0.15, 0.2) is 24.3 Å². The van der Waals surface area contributed by atoms with Gasteiger partial charge in [0.2, 0.25) is 0 Å². The van der Waals surface area contributed by atoms with Crippen molar-refractivity contribution in [1.29, 1.82) is 0 Å². The normalized spacial score (nSPS) is 17.0. The molecule has 1 aromatic heterocycles. The van der Waals surface area contributed by atoms with Crippen LogP contribution in [0.1, 0.15) is 56.7 Å². The third-order valence-electron chi connectivity index (χ3n) is 4.45. The molecule has 3 rings (SSSR count). The number of imidazole rings is 1. The highest BCUT2D eigenvalue weighted by Gasteiger charge is 2.21. The van der Waals surface area contributed by atoms with Crippen molar-refractivity contribution in [3.63, 3.8) is 0 Å². The van der Waals surface area contributed by atoms with Crippen molar-refractivity contribution in [3.8, 4) is 0 Å². The summed E-state index contributed by atoms with van der Waals surface area (Å²) in [5.74, 6) is 0.827. The van der Waals surface area contributed by atoms with Gasteiger partial charge in [-0.05, 0) is 25.0 Å². The van der Waals surface area contributed by atoms with Crippen molar-refractivity contribution in [2.45, 2.75) is 57.4 Å². The molecule has 0 radical (unpaired) electrons. The van der Waals surface area contributed by atoms with Gasteiger partial charge < -0.3 is 9.67 Å². The van der Waals surface area contributed by atoms with Crippen molar-refractivity contribution in [2.24, 2.45) is 0 Å². The molecular formula is C17H22N2O2. The second-order valence-electron chi connectivity index (χ2n) is 5.94. The minimum absolute atomic E-state index is 0.153. The number of carboxylic acid groups (broad SMARTS) is 1. The molecule has 1 N–H and O–H groups in total. The molecule has 0 spiro atoms. The second kappa shape index (κ2) is 6.29. The number of fused-ring (bicyclic) bond motifs is 1. The number of aryl methyl sites for hydroxylation is 1. The predicted molar refractivity (Wildman–Crippen MR) is 82.4 cm³/mol. The molecule has 0 unspecified atom stereocenters. The number of hydrogen-bond donors (Lipinski definition) is 1. The van der Waals surface area contributed by atoms with Gasteiger partial charge in [-0.2, -0.15) is 0 Å². The molecule has 0 aliphatic heterocycles. The van der Waals surface area contributed by atoms with Crippen molar-refractivity contribution in [3.05, 3.63) is 30.1 Å². The molecule has 1 aliphatic rings. The van der Waals surface area contributed by atoms with E-state index in [0.717, 1.165) is 16.9 Å². The molecule has 1 aromatic carbocycles. The first-order chi connectivity index (χ1) is 10.3. The lowest BCUT2D eigenvalue weighted by atomic mass is 9.99. The van der Waals surface area contributed by atoms with Crippen LogP contribution in [0.4, 0.5) is 0 Å². The van der Waals surface area contributed by atoms with E-state index in [1.165, 1.54) is 38.5 Å². The second-order valence-corrected chi connectivity index (χ2v) is 5.94. The molecule has 1 aliphatic carbocycles. The van der Waals surface area contributed by atoms with Gasteiger partial charge in [0.25, 0.3) is 0 Å². The number of aromatic nitrogens is 2. The molecule has 112 valence electrons. The average Bonchev–Trinajstić information content (AvgIpc) is 2.66. The first-order valence-electron chi connectivity index (χ1n) is 7.92. The number of nitrogens with zero attached hydrogens (tertiary/aromatic N) is 2. The van der Waals surface area contributed by atoms with E-state index in [0.29, 0.717) is 12.5 Å². The highest BCUT2D eigenvalue weighted by atomic mass is 16.4. The first kappa shape index (κ1) is 14.1. The van der Waals surface area contributed by atoms with Crippen molar-refractivity contribution in [1.82, 2.24) is 9.55 Å². The molecule has 0 saturated heterocycles. The molecule has 2 aromatic rings. The zero-order valence-corrected chi connectivity index (χ0v) is 12.3. The maximum atomic E-state index is 10.9. The topological polar surface area (TPSA) is 55.1 Å². The Balaban J connectivity index is 1.98. The van der Waals surface area contributed by atoms with Gasteiger partial charge >= 0.3 is 5.97 Å². The highest BCUT2D eigenvalue weighted by molar-refractivity contribution is 5.76. The van der Waals surface area contributed by atoms with E-state index in [9.17, 15) is 4.79 Å². The maximum Gasteiger partial charge on any atom is 0.305 e. The van der Waals surface area contributed by atoms with Crippen LogP contribution in [0.3, 0.4) is 0 Å². The van der Waals surface area contributed by atoms with Crippen LogP contribution >= 0.6 is 0 Å². The molecular weight excluding hydrogens is 264 g/mol. The summed E-state index contributed by atoms with van der Waals surface area (Å²) in [6.45, 7) is 0.516. The first-order valence-corrected chi connectivity index (χ1v) is 7.92. The summed E-state index contributed by atoms with van der Waals surface area (Å²) in [7, 11) is 0. The molecule has 0 amide bonds. The summed E-state index contributed by atoms with van der Waals surface area (Å²) in [5, 5.41) is 9.00. The highest BCUT2D eigenvalue weighted by Crippen LogP contribution is 2.33. The number of carbonyl (C=O) groups is 1. The zero-order chi connectivity index (χ0) is 14.7. The number of hydrogen-bond acceptors (Lipinski definition) is 2. The molecule has 21 heavy (non-hydrogen) atoms. The van der Waals surface area contributed by atoms with Crippen LogP contribution in [0.25, 0.3) is 11.0 Å². The van der Waals surface area contributed by atoms with Crippen LogP contribution in [0.2, 0.25) is 0 Å². The van der Waals surface area contributed by atoms with Crippen LogP contribution < -0.4 is 0 Å². The van der Waals surface area contributed by atoms with Crippen molar-refractivity contribution >= 4 is 17.0 Å². The van der Waals surface area contributed by atoms with Gasteiger partial charge in [-0.25, -0.2) is 4.98 Å². The number of aliphatic carboxylic acids is 1. The van der Waals surface area contributed by atoms with E-state index in [-0.39, 0.29) is 6.42 Å². The molecule has 4 heteroatoms. The van der Waals surface area contributed by atoms with E-state index in [2.05, 4.69) is 4.57 Å². The third kappa shape index (κ3) is 3.09. The SMILES string of the molecule is O=C(O)CCn1c(C2CCCCCC2)nc2ccccc21. The fraction of sp³-hybridized carbons (Fsp3) is 0.529. The smallest absolute Gasteiger partial charge is 0.305 e. The van der Waals surface area contributed by atoms with Gasteiger partial charge in [0.1, 0.15) is 5.82 Å². The summed E-state index contributed by atoms with van der Waals surface area (Å²) in [6.07, 6.45) is 7.64. The molecule has 1 heterocycles. The number of rotatable bonds is 4. The van der Waals surface area contributed by atoms with Gasteiger partial charge in [-0.15, -0.1) is 0 Å². The fourth-order valence-electron chi connectivity index (χ4n) is 3.39. The molecule has 0 bridgehead atoms. The monoisotopic (exact) mass is 286 g/mol. The Kier molecular flexibility index (Phi) is 4.23. The fourth-order valence-corrected chi connectivity index (χ4v) is 3.39. The Morgan fingerprint density at radius 3 is 2.62 bits per heavy atom. The van der Waals surface area contributed by atoms with Gasteiger partial charge in [0, 0.05) is 12.5 Å². The van der Waals surface area contributed by atoms with Gasteiger partial charge in [0.05, 0.1) is 17.5 Å². The van der Waals surface area contributed by atoms with Crippen LogP contribution in [0.5, 0.6) is 0 Å². The Morgan fingerprint density at radius 2 is 1.90 bits per heavy atom. The van der Waals surface area contributed by atoms with Gasteiger partial charge in [-0.1, -0.05) is 37.8 Å². The van der Waals surface area contributed by atoms with Crippen LogP contribution in [-0.2, 0) is 11.3 Å². The molecule has 1 fully saturated rings. The van der Waals surface area contributed by atoms with E-state index in [4.69, 9.17) is 10.1 Å². The predicted octanol–water partition coefficient (Wildman–Crippen LogP) is 3.95. The lowest BCUT2D eigenvalue weighted by Crippen LogP contribution is -2.11. The van der Waals surface area contributed by atoms with Gasteiger partial charge in [0.15, 0.2) is 0 Å². The largest absolute Gasteiger partial charge is 0.481 e. The average molecular weight is 286 g/mol. The Morgan fingerprint density at radius 1 is 1.19 bits per heavy atom. The summed E-state index contributed by atoms with van der Waals surface area (Å²) in [5.41, 5.74) is 2.06. The third-order valence-corrected chi connectivity index (χ3v) is 4.45. The molecule has 4 nitrogen and oxygen atoms in total. The van der Waals surface area contributed by atoms with Crippen molar-refractivity contribution in [2.75, 3.05) is 0 Å². The zero-order valence-electron chi connectivity index (χ0n) is 12.3. The van der Waals surface area contributed by atoms with Crippen LogP contribution in [0, 0.1) is 0 Å². The minimum atomic E-state index is -0.750. The van der Waals surface area contributed by atoms with E-state index in [1.54, 1.807) is 0 Å². The van der Waals surface area contributed by atoms with Crippen LogP contribution in [-0.4, -0.2) is 20.6 Å². The Labute approximate surface area is 124 Å². The lowest BCUT2D eigenvalue weighted by molar-refractivity contribution is -0.137. The number of benzene rings is 1. The Bertz CT molecular complexity index is 625. The maximum absolute atomic E-state index is 10.9.